The van der Waals surface area contributed by atoms with Crippen molar-refractivity contribution in [1.82, 2.24) is 54.8 Å². The van der Waals surface area contributed by atoms with Crippen LogP contribution >= 0.6 is 64.8 Å². The van der Waals surface area contributed by atoms with E-state index in [1.807, 2.05) is 0 Å². The van der Waals surface area contributed by atoms with Gasteiger partial charge in [-0.15, -0.1) is 17.0 Å². The molecule has 14 N–H and O–H groups in total. The number of aliphatic carboxylic acids is 1. The molecule has 31 heteroatoms. The number of esters is 1. The van der Waals surface area contributed by atoms with Crippen LogP contribution in [0.25, 0.3) is 45.3 Å². The van der Waals surface area contributed by atoms with Gasteiger partial charge in [-0.25, -0.2) is 53.7 Å². The van der Waals surface area contributed by atoms with Crippen molar-refractivity contribution in [3.8, 4) is 0 Å². The topological polar surface area (TPSA) is 458 Å². The van der Waals surface area contributed by atoms with Crippen molar-refractivity contribution in [1.29, 1.82) is 0 Å². The minimum absolute atomic E-state index is 0. The highest BCUT2D eigenvalue weighted by Crippen LogP contribution is 2.16. The second kappa shape index (κ2) is 26.8. The van der Waals surface area contributed by atoms with Gasteiger partial charge in [-0.1, -0.05) is 0 Å². The molecule has 0 unspecified atom stereocenters. The van der Waals surface area contributed by atoms with Gasteiger partial charge in [-0.05, 0) is 122 Å². The monoisotopic (exact) mass is 1270 g/mol. The Morgan fingerprint density at radius 2 is 0.919 bits per heavy atom. The van der Waals surface area contributed by atoms with Crippen LogP contribution in [0.1, 0.15) is 52.6 Å². The zero-order chi connectivity index (χ0) is 54.3. The first-order chi connectivity index (χ1) is 34.2. The first-order valence-electron chi connectivity index (χ1n) is 19.9. The van der Waals surface area contributed by atoms with E-state index in [0.717, 1.165) is 6.08 Å². The van der Waals surface area contributed by atoms with Gasteiger partial charge in [0, 0.05) is 56.6 Å². The van der Waals surface area contributed by atoms with Crippen LogP contribution in [0, 0.1) is 0 Å². The summed E-state index contributed by atoms with van der Waals surface area (Å²) >= 11 is 9.40. The van der Waals surface area contributed by atoms with Crippen LogP contribution in [0.15, 0.2) is 116 Å². The number of nitrogens with one attached hydrogen (secondary N) is 6. The predicted octanol–water partition coefficient (Wildman–Crippen LogP) is 3.28. The van der Waals surface area contributed by atoms with Gasteiger partial charge in [0.05, 0.1) is 21.7 Å². The van der Waals surface area contributed by atoms with Crippen LogP contribution in [0.4, 0.5) is 11.6 Å². The number of carbonyl (C=O) groups excluding carboxylic acids is 2. The predicted molar refractivity (Wildman–Crippen MR) is 287 cm³/mol. The number of primary amides is 1. The van der Waals surface area contributed by atoms with Gasteiger partial charge < -0.3 is 32.2 Å². The fourth-order valence-electron chi connectivity index (χ4n) is 5.27. The lowest BCUT2D eigenvalue weighted by Crippen LogP contribution is -2.22. The number of fused-ring (bicyclic) bond motifs is 3. The third-order valence-electron chi connectivity index (χ3n) is 8.29. The summed E-state index contributed by atoms with van der Waals surface area (Å²) in [5.41, 5.74) is 13.6. The van der Waals surface area contributed by atoms with Gasteiger partial charge in [0.25, 0.3) is 22.6 Å². The lowest BCUT2D eigenvalue weighted by molar-refractivity contribution is -0.148. The van der Waals surface area contributed by atoms with E-state index in [2.05, 4.69) is 103 Å². The number of nitrogen functional groups attached to an aromatic ring is 2. The molecular weight excluding hydrogens is 1240 g/mol. The molecule has 0 fully saturated rings. The molecule has 0 radical (unpaired) electrons. The molecule has 8 heterocycles. The van der Waals surface area contributed by atoms with E-state index in [1.54, 1.807) is 26.8 Å². The third kappa shape index (κ3) is 18.6. The SMILES string of the molecule is Br.CC(C)(C)OC(=O)/C=C/c1cnc2[nH]c(=O)[nH]c(=O)c2c1.NC(=O)c1cc(Br)cnc1N.Nc1ncc(Br)cc1C(=O)O.O=C(O)/C=C/c1cnc2[nH]c(=O)[nH]c(=O)c2c1.O=c1[nH]c(=O)c2cc(Br)cnc2[nH]1. The second-order valence-electron chi connectivity index (χ2n) is 15.0. The molecule has 0 bridgehead atoms. The number of nitrogens with two attached hydrogens (primary N) is 3. The molecule has 0 aromatic carbocycles. The highest BCUT2D eigenvalue weighted by molar-refractivity contribution is 9.11. The summed E-state index contributed by atoms with van der Waals surface area (Å²) in [6, 6.07) is 7.50. The maximum absolute atomic E-state index is 11.6. The van der Waals surface area contributed by atoms with E-state index in [9.17, 15) is 47.9 Å². The smallest absolute Gasteiger partial charge is 0.339 e. The molecule has 0 saturated heterocycles. The molecule has 27 nitrogen and oxygen atoms in total. The first kappa shape index (κ1) is 59.8. The first-order valence-corrected chi connectivity index (χ1v) is 22.3. The molecule has 1 amide bonds. The van der Waals surface area contributed by atoms with E-state index >= 15 is 0 Å². The highest BCUT2D eigenvalue weighted by atomic mass is 79.9. The average Bonchev–Trinajstić information content (AvgIpc) is 3.29. The zero-order valence-electron chi connectivity index (χ0n) is 38.0. The Kier molecular flexibility index (Phi) is 21.6. The van der Waals surface area contributed by atoms with Crippen LogP contribution < -0.4 is 50.9 Å². The molecular formula is C43H38Br4N14O13. The number of carboxylic acid groups (broad SMARTS) is 2. The van der Waals surface area contributed by atoms with Gasteiger partial charge in [0.1, 0.15) is 39.7 Å². The third-order valence-corrected chi connectivity index (χ3v) is 9.59. The number of anilines is 2. The Bertz CT molecular complexity index is 3780. The van der Waals surface area contributed by atoms with Crippen molar-refractivity contribution < 1.29 is 34.1 Å². The highest BCUT2D eigenvalue weighted by Gasteiger charge is 2.14. The molecule has 0 atom stereocenters. The molecule has 0 aliphatic heterocycles. The van der Waals surface area contributed by atoms with Crippen LogP contribution in [0.2, 0.25) is 0 Å². The van der Waals surface area contributed by atoms with Crippen molar-refractivity contribution >= 4 is 145 Å². The van der Waals surface area contributed by atoms with Crippen LogP contribution in [0.5, 0.6) is 0 Å². The van der Waals surface area contributed by atoms with Crippen molar-refractivity contribution in [3.05, 3.63) is 172 Å². The van der Waals surface area contributed by atoms with Crippen molar-refractivity contribution in [2.75, 3.05) is 11.5 Å². The van der Waals surface area contributed by atoms with Crippen LogP contribution in [0.3, 0.4) is 0 Å². The van der Waals surface area contributed by atoms with Crippen molar-refractivity contribution in [3.63, 3.8) is 0 Å². The fourth-order valence-corrected chi connectivity index (χ4v) is 6.26. The summed E-state index contributed by atoms with van der Waals surface area (Å²) in [6.07, 6.45) is 12.2. The number of pyridine rings is 5. The molecule has 386 valence electrons. The Balaban J connectivity index is 0.000000249. The van der Waals surface area contributed by atoms with Crippen LogP contribution in [-0.4, -0.2) is 94.5 Å². The van der Waals surface area contributed by atoms with E-state index in [4.69, 9.17) is 32.2 Å². The van der Waals surface area contributed by atoms with E-state index in [0.29, 0.717) is 29.9 Å². The van der Waals surface area contributed by atoms with Crippen LogP contribution in [-0.2, 0) is 14.3 Å². The Morgan fingerprint density at radius 3 is 1.30 bits per heavy atom. The summed E-state index contributed by atoms with van der Waals surface area (Å²) in [5, 5.41) is 17.8. The Labute approximate surface area is 447 Å². The lowest BCUT2D eigenvalue weighted by Gasteiger charge is -2.17. The lowest BCUT2D eigenvalue weighted by atomic mass is 10.2. The largest absolute Gasteiger partial charge is 0.478 e. The zero-order valence-corrected chi connectivity index (χ0v) is 44.4. The molecule has 0 spiro atoms. The Morgan fingerprint density at radius 1 is 0.554 bits per heavy atom. The maximum atomic E-state index is 11.6. The minimum atomic E-state index is -1.10. The minimum Gasteiger partial charge on any atom is -0.478 e. The fraction of sp³-hybridized carbons (Fsp3) is 0.0930. The number of amides is 1. The quantitative estimate of drug-likeness (QED) is 0.0840. The van der Waals surface area contributed by atoms with Gasteiger partial charge >= 0.3 is 35.0 Å². The second-order valence-corrected chi connectivity index (χ2v) is 17.7. The van der Waals surface area contributed by atoms with E-state index in [1.165, 1.54) is 73.5 Å². The number of carbonyl (C=O) groups is 4. The summed E-state index contributed by atoms with van der Waals surface area (Å²) in [7, 11) is 0. The number of carboxylic acids is 2. The summed E-state index contributed by atoms with van der Waals surface area (Å²) in [5.74, 6) is -3.05. The number of hydrogen-bond donors (Lipinski definition) is 11. The maximum Gasteiger partial charge on any atom is 0.339 e. The van der Waals surface area contributed by atoms with Gasteiger partial charge in [0.2, 0.25) is 0 Å². The molecule has 74 heavy (non-hydrogen) atoms. The summed E-state index contributed by atoms with van der Waals surface area (Å²) < 4.78 is 7.10. The molecule has 8 aromatic rings. The number of halogens is 4. The van der Waals surface area contributed by atoms with E-state index < -0.39 is 63.2 Å². The number of hydrogen-bond acceptors (Lipinski definition) is 18. The number of aromatic carboxylic acids is 1. The van der Waals surface area contributed by atoms with Gasteiger partial charge in [-0.2, -0.15) is 0 Å². The molecule has 0 aliphatic rings. The summed E-state index contributed by atoms with van der Waals surface area (Å²) in [6.45, 7) is 5.31. The van der Waals surface area contributed by atoms with Crippen molar-refractivity contribution in [2.24, 2.45) is 5.73 Å². The number of nitrogens with zero attached hydrogens (tertiary/aromatic N) is 5. The molecule has 8 rings (SSSR count). The van der Waals surface area contributed by atoms with E-state index in [-0.39, 0.29) is 67.5 Å². The Hall–Kier alpha value is -8.55. The van der Waals surface area contributed by atoms with Crippen molar-refractivity contribution in [2.45, 2.75) is 26.4 Å². The standard InChI is InChI=1S/C14H15N3O4.C10H7N3O4.C7H4BrN3O2.C6H6BrN3O.C6H5BrN2O2.BrH/c1-14(2,3)21-10(18)5-4-8-6-9-11(15-7-8)16-13(20)17-12(9)19;14-7(15)2-1-5-3-6-8(11-4-5)12-10(17)13-9(6)16;8-3-1-4-5(9-2-3)10-7(13)11-6(4)12;7-3-1-4(6(9)11)5(8)10-2-3;7-3-1-4(6(10)11)5(8)9-2-3;/h4-7H,1-3H3,(H2,15,16,17,19,20);1-4H,(H,14,15)(H2,11,12,13,16,17);1-2H,(H2,9,10,11,12,13);1-2H,(H2,8,10)(H2,9,11);1-2H,(H2,8,9)(H,10,11);1H/b5-4+;2-1+;;;;. The number of aromatic nitrogens is 11. The molecule has 8 aromatic heterocycles. The number of aromatic amines is 6. The summed E-state index contributed by atoms with van der Waals surface area (Å²) in [4.78, 5) is 143. The molecule has 0 aliphatic carbocycles. The number of ether oxygens (including phenoxy) is 1. The number of rotatable bonds is 6. The average molecular weight is 1280 g/mol. The molecule has 0 saturated carbocycles. The number of H-pyrrole nitrogens is 6. The van der Waals surface area contributed by atoms with Gasteiger partial charge in [-0.3, -0.25) is 49.1 Å². The van der Waals surface area contributed by atoms with Gasteiger partial charge in [0.15, 0.2) is 0 Å². The normalized spacial score (nSPS) is 10.6.